The highest BCUT2D eigenvalue weighted by Crippen LogP contribution is 2.57. The molecule has 0 spiro atoms. The molecule has 0 N–H and O–H groups in total. The van der Waals surface area contributed by atoms with Crippen molar-refractivity contribution in [3.63, 3.8) is 0 Å². The maximum Gasteiger partial charge on any atom is 0.424 e. The van der Waals surface area contributed by atoms with Crippen LogP contribution in [0.25, 0.3) is 0 Å². The van der Waals surface area contributed by atoms with Crippen LogP contribution in [0.3, 0.4) is 0 Å². The molecule has 0 bridgehead atoms. The number of hydrogen-bond acceptors (Lipinski definition) is 3. The molecule has 1 rings (SSSR count). The Morgan fingerprint density at radius 2 is 2.40 bits per heavy atom. The maximum absolute atomic E-state index is 10.9. The van der Waals surface area contributed by atoms with Crippen LogP contribution in [0.15, 0.2) is 0 Å². The van der Waals surface area contributed by atoms with Crippen LogP contribution in [0, 0.1) is 0 Å². The number of alkyl halides is 1. The molecule has 0 aromatic carbocycles. The van der Waals surface area contributed by atoms with Gasteiger partial charge in [0.15, 0.2) is 0 Å². The van der Waals surface area contributed by atoms with E-state index in [1.807, 2.05) is 0 Å². The highest BCUT2D eigenvalue weighted by Gasteiger charge is 2.30. The van der Waals surface area contributed by atoms with E-state index in [2.05, 4.69) is 4.52 Å². The van der Waals surface area contributed by atoms with Crippen LogP contribution in [0.2, 0.25) is 0 Å². The Morgan fingerprint density at radius 1 is 1.70 bits per heavy atom. The van der Waals surface area contributed by atoms with Gasteiger partial charge in [-0.25, -0.2) is 4.57 Å². The standard InChI is InChI=1S/C4H7Cl2O3P/c5-3-4-1-2-8-10(6,7)9-4/h4H,1-3H2. The van der Waals surface area contributed by atoms with Gasteiger partial charge in [0, 0.05) is 17.1 Å². The molecule has 1 heterocycles. The predicted molar refractivity (Wildman–Crippen MR) is 39.6 cm³/mol. The lowest BCUT2D eigenvalue weighted by atomic mass is 10.3. The van der Waals surface area contributed by atoms with E-state index < -0.39 is 6.95 Å². The van der Waals surface area contributed by atoms with Crippen LogP contribution >= 0.6 is 29.8 Å². The Bertz CT molecular complexity index is 163. The van der Waals surface area contributed by atoms with Crippen molar-refractivity contribution in [3.05, 3.63) is 0 Å². The third-order valence-electron chi connectivity index (χ3n) is 1.13. The van der Waals surface area contributed by atoms with Gasteiger partial charge in [-0.3, -0.25) is 9.05 Å². The SMILES string of the molecule is O=P1(Cl)OCCC(CCl)O1. The lowest BCUT2D eigenvalue weighted by Crippen LogP contribution is -2.20. The van der Waals surface area contributed by atoms with E-state index in [0.29, 0.717) is 18.9 Å². The summed E-state index contributed by atoms with van der Waals surface area (Å²) in [5.41, 5.74) is 0. The van der Waals surface area contributed by atoms with Crippen LogP contribution in [-0.4, -0.2) is 18.6 Å². The van der Waals surface area contributed by atoms with Crippen molar-refractivity contribution in [2.45, 2.75) is 12.5 Å². The molecular weight excluding hydrogens is 198 g/mol. The second-order valence-corrected chi connectivity index (χ2v) is 4.82. The van der Waals surface area contributed by atoms with Crippen molar-refractivity contribution in [2.24, 2.45) is 0 Å². The molecule has 1 aliphatic heterocycles. The van der Waals surface area contributed by atoms with Crippen LogP contribution in [0.4, 0.5) is 0 Å². The van der Waals surface area contributed by atoms with E-state index in [9.17, 15) is 4.57 Å². The molecule has 10 heavy (non-hydrogen) atoms. The number of rotatable bonds is 1. The largest absolute Gasteiger partial charge is 0.424 e. The van der Waals surface area contributed by atoms with E-state index in [4.69, 9.17) is 27.4 Å². The summed E-state index contributed by atoms with van der Waals surface area (Å²) in [5, 5.41) is 0. The smallest absolute Gasteiger partial charge is 0.297 e. The average molecular weight is 205 g/mol. The Hall–Kier alpha value is 0.730. The topological polar surface area (TPSA) is 35.5 Å². The average Bonchev–Trinajstić information content (AvgIpc) is 1.86. The maximum atomic E-state index is 10.9. The fourth-order valence-electron chi connectivity index (χ4n) is 0.660. The Kier molecular flexibility index (Phi) is 3.02. The van der Waals surface area contributed by atoms with Gasteiger partial charge in [0.2, 0.25) is 0 Å². The molecule has 0 aromatic heterocycles. The molecule has 0 aromatic rings. The summed E-state index contributed by atoms with van der Waals surface area (Å²) in [5.74, 6) is 0.306. The molecular formula is C4H7Cl2O3P. The third-order valence-corrected chi connectivity index (χ3v) is 3.05. The zero-order chi connectivity index (χ0) is 7.61. The minimum Gasteiger partial charge on any atom is -0.297 e. The van der Waals surface area contributed by atoms with Gasteiger partial charge >= 0.3 is 6.95 Å². The van der Waals surface area contributed by atoms with Crippen molar-refractivity contribution in [2.75, 3.05) is 12.5 Å². The van der Waals surface area contributed by atoms with Gasteiger partial charge in [-0.05, 0) is 6.42 Å². The predicted octanol–water partition coefficient (Wildman–Crippen LogP) is 2.38. The summed E-state index contributed by atoms with van der Waals surface area (Å²) in [6, 6.07) is 0. The Morgan fingerprint density at radius 3 is 2.80 bits per heavy atom. The summed E-state index contributed by atoms with van der Waals surface area (Å²) >= 11 is 10.7. The van der Waals surface area contributed by atoms with Crippen molar-refractivity contribution in [3.8, 4) is 0 Å². The summed E-state index contributed by atoms with van der Waals surface area (Å²) in [6.07, 6.45) is 0.430. The zero-order valence-corrected chi connectivity index (χ0v) is 7.53. The minimum absolute atomic E-state index is 0.223. The second-order valence-electron chi connectivity index (χ2n) is 1.93. The molecule has 1 aliphatic rings. The first kappa shape index (κ1) is 8.82. The lowest BCUT2D eigenvalue weighted by molar-refractivity contribution is 0.105. The summed E-state index contributed by atoms with van der Waals surface area (Å²) in [7, 11) is 0. The van der Waals surface area contributed by atoms with Crippen molar-refractivity contribution >= 4 is 29.8 Å². The van der Waals surface area contributed by atoms with Gasteiger partial charge < -0.3 is 0 Å². The summed E-state index contributed by atoms with van der Waals surface area (Å²) in [4.78, 5) is 0. The molecule has 0 aliphatic carbocycles. The van der Waals surface area contributed by atoms with Gasteiger partial charge in [0.05, 0.1) is 12.7 Å². The van der Waals surface area contributed by atoms with Crippen LogP contribution in [0.1, 0.15) is 6.42 Å². The molecule has 0 radical (unpaired) electrons. The van der Waals surface area contributed by atoms with Crippen molar-refractivity contribution in [1.29, 1.82) is 0 Å². The molecule has 2 unspecified atom stereocenters. The first-order chi connectivity index (χ1) is 4.64. The normalized spacial score (nSPS) is 41.6. The fourth-order valence-corrected chi connectivity index (χ4v) is 2.43. The molecule has 3 nitrogen and oxygen atoms in total. The Labute approximate surface area is 68.9 Å². The second kappa shape index (κ2) is 3.42. The van der Waals surface area contributed by atoms with E-state index in [1.54, 1.807) is 0 Å². The zero-order valence-electron chi connectivity index (χ0n) is 5.13. The van der Waals surface area contributed by atoms with Crippen molar-refractivity contribution < 1.29 is 13.6 Å². The van der Waals surface area contributed by atoms with Gasteiger partial charge in [0.1, 0.15) is 0 Å². The molecule has 2 atom stereocenters. The van der Waals surface area contributed by atoms with Gasteiger partial charge in [-0.1, -0.05) is 0 Å². The van der Waals surface area contributed by atoms with E-state index in [1.165, 1.54) is 0 Å². The highest BCUT2D eigenvalue weighted by molar-refractivity contribution is 7.81. The fraction of sp³-hybridized carbons (Fsp3) is 1.00. The number of hydrogen-bond donors (Lipinski definition) is 0. The van der Waals surface area contributed by atoms with Crippen LogP contribution in [0.5, 0.6) is 0 Å². The lowest BCUT2D eigenvalue weighted by Gasteiger charge is -2.23. The molecule has 0 amide bonds. The van der Waals surface area contributed by atoms with Crippen LogP contribution in [-0.2, 0) is 13.6 Å². The van der Waals surface area contributed by atoms with Gasteiger partial charge in [0.25, 0.3) is 0 Å². The molecule has 1 saturated heterocycles. The first-order valence-corrected chi connectivity index (χ1v) is 5.81. The quantitative estimate of drug-likeness (QED) is 0.486. The minimum atomic E-state index is -3.27. The van der Waals surface area contributed by atoms with Crippen LogP contribution < -0.4 is 0 Å². The highest BCUT2D eigenvalue weighted by atomic mass is 35.7. The van der Waals surface area contributed by atoms with Gasteiger partial charge in [-0.15, -0.1) is 11.6 Å². The molecule has 60 valence electrons. The summed E-state index contributed by atoms with van der Waals surface area (Å²) < 4.78 is 20.3. The van der Waals surface area contributed by atoms with E-state index in [0.717, 1.165) is 0 Å². The van der Waals surface area contributed by atoms with E-state index in [-0.39, 0.29) is 6.10 Å². The van der Waals surface area contributed by atoms with Gasteiger partial charge in [-0.2, -0.15) is 0 Å². The molecule has 0 saturated carbocycles. The third kappa shape index (κ3) is 2.40. The molecule has 1 fully saturated rings. The van der Waals surface area contributed by atoms with E-state index >= 15 is 0 Å². The molecule has 6 heteroatoms. The monoisotopic (exact) mass is 204 g/mol. The first-order valence-electron chi connectivity index (χ1n) is 2.82. The Balaban J connectivity index is 2.48. The number of halogens is 2. The van der Waals surface area contributed by atoms with Crippen molar-refractivity contribution in [1.82, 2.24) is 0 Å². The summed E-state index contributed by atoms with van der Waals surface area (Å²) in [6.45, 7) is -2.91.